The van der Waals surface area contributed by atoms with Crippen LogP contribution in [0.15, 0.2) is 53.5 Å². The predicted molar refractivity (Wildman–Crippen MR) is 104 cm³/mol. The van der Waals surface area contributed by atoms with Crippen molar-refractivity contribution >= 4 is 9.84 Å². The zero-order valence-electron chi connectivity index (χ0n) is 16.0. The first-order valence-corrected chi connectivity index (χ1v) is 10.3. The van der Waals surface area contributed by atoms with E-state index in [9.17, 15) is 8.42 Å². The van der Waals surface area contributed by atoms with Gasteiger partial charge >= 0.3 is 0 Å². The number of ether oxygens (including phenoxy) is 1. The van der Waals surface area contributed by atoms with Gasteiger partial charge in [-0.3, -0.25) is 5.32 Å². The summed E-state index contributed by atoms with van der Waals surface area (Å²) in [7, 11) is -3.38. The monoisotopic (exact) mass is 365 g/mol. The number of hydrogen-bond donors (Lipinski definition) is 1. The quantitative estimate of drug-likeness (QED) is 0.672. The van der Waals surface area contributed by atoms with Gasteiger partial charge in [-0.05, 0) is 46.2 Å². The number of aryl methyl sites for hydroxylation is 1. The van der Waals surface area contributed by atoms with Crippen molar-refractivity contribution in [3.8, 4) is 0 Å². The molecule has 0 aliphatic carbocycles. The molecular formula is C20H31NO3S. The zero-order chi connectivity index (χ0) is 18.9. The van der Waals surface area contributed by atoms with Crippen molar-refractivity contribution in [1.29, 1.82) is 0 Å². The summed E-state index contributed by atoms with van der Waals surface area (Å²) in [5, 5.41) is 3.09. The number of allylic oxidation sites excluding steroid dienone is 3. The molecule has 0 aliphatic rings. The molecule has 0 aromatic heterocycles. The lowest BCUT2D eigenvalue weighted by molar-refractivity contribution is -0.00836. The average molecular weight is 366 g/mol. The van der Waals surface area contributed by atoms with E-state index in [0.29, 0.717) is 11.5 Å². The Balaban J connectivity index is 2.76. The summed E-state index contributed by atoms with van der Waals surface area (Å²) in [4.78, 5) is 0.330. The van der Waals surface area contributed by atoms with Gasteiger partial charge in [0.2, 0.25) is 0 Å². The normalized spacial score (nSPS) is 14.4. The molecule has 25 heavy (non-hydrogen) atoms. The largest absolute Gasteiger partial charge is 0.374 e. The van der Waals surface area contributed by atoms with Crippen molar-refractivity contribution in [2.75, 3.05) is 12.5 Å². The van der Waals surface area contributed by atoms with E-state index in [0.717, 1.165) is 12.0 Å². The van der Waals surface area contributed by atoms with E-state index < -0.39 is 9.84 Å². The first kappa shape index (κ1) is 21.6. The van der Waals surface area contributed by atoms with Crippen LogP contribution in [-0.4, -0.2) is 32.5 Å². The molecule has 1 aromatic rings. The Hall–Kier alpha value is -1.43. The van der Waals surface area contributed by atoms with Gasteiger partial charge in [0.1, 0.15) is 5.88 Å². The van der Waals surface area contributed by atoms with Gasteiger partial charge in [0.25, 0.3) is 0 Å². The van der Waals surface area contributed by atoms with Crippen LogP contribution in [0.25, 0.3) is 0 Å². The number of sulfone groups is 1. The highest BCUT2D eigenvalue weighted by Gasteiger charge is 2.18. The molecule has 0 heterocycles. The minimum atomic E-state index is -3.38. The van der Waals surface area contributed by atoms with Gasteiger partial charge < -0.3 is 4.74 Å². The Labute approximate surface area is 152 Å². The van der Waals surface area contributed by atoms with Gasteiger partial charge in [-0.2, -0.15) is 0 Å². The molecular weight excluding hydrogens is 334 g/mol. The van der Waals surface area contributed by atoms with E-state index in [1.54, 1.807) is 12.1 Å². The standard InChI is InChI=1S/C20H31NO3S/c1-6-7-8-9-10-18(15-24-20(3,4)5)21-16-25(22,23)19-13-11-17(2)12-14-19/h7-14,18,21H,6,15-16H2,1-5H3/b8-7-,10-9+/t18-/m1/s1. The fraction of sp³-hybridized carbons (Fsp3) is 0.500. The third kappa shape index (κ3) is 9.00. The molecule has 0 saturated carbocycles. The van der Waals surface area contributed by atoms with Crippen molar-refractivity contribution in [2.24, 2.45) is 0 Å². The van der Waals surface area contributed by atoms with E-state index in [-0.39, 0.29) is 17.5 Å². The van der Waals surface area contributed by atoms with Crippen LogP contribution in [0.5, 0.6) is 0 Å². The maximum Gasteiger partial charge on any atom is 0.191 e. The number of hydrogen-bond acceptors (Lipinski definition) is 4. The van der Waals surface area contributed by atoms with Gasteiger partial charge in [0.15, 0.2) is 9.84 Å². The summed E-state index contributed by atoms with van der Waals surface area (Å²) in [5.74, 6) is -0.129. The fourth-order valence-electron chi connectivity index (χ4n) is 1.98. The molecule has 0 aliphatic heterocycles. The Morgan fingerprint density at radius 1 is 1.16 bits per heavy atom. The molecule has 0 saturated heterocycles. The van der Waals surface area contributed by atoms with Crippen LogP contribution in [0.4, 0.5) is 0 Å². The molecule has 1 atom stereocenters. The van der Waals surface area contributed by atoms with Crippen LogP contribution in [0.2, 0.25) is 0 Å². The summed E-state index contributed by atoms with van der Waals surface area (Å²) >= 11 is 0. The van der Waals surface area contributed by atoms with E-state index in [2.05, 4.69) is 12.2 Å². The van der Waals surface area contributed by atoms with Gasteiger partial charge in [-0.15, -0.1) is 0 Å². The summed E-state index contributed by atoms with van der Waals surface area (Å²) < 4.78 is 30.8. The zero-order valence-corrected chi connectivity index (χ0v) is 16.8. The maximum atomic E-state index is 12.5. The van der Waals surface area contributed by atoms with Gasteiger partial charge in [-0.25, -0.2) is 8.42 Å². The van der Waals surface area contributed by atoms with Crippen LogP contribution < -0.4 is 5.32 Å². The third-order valence-corrected chi connectivity index (χ3v) is 4.97. The molecule has 1 rings (SSSR count). The van der Waals surface area contributed by atoms with Crippen LogP contribution in [0.3, 0.4) is 0 Å². The second-order valence-electron chi connectivity index (χ2n) is 7.03. The summed E-state index contributed by atoms with van der Waals surface area (Å²) in [6.07, 6.45) is 8.82. The van der Waals surface area contributed by atoms with Crippen LogP contribution in [0.1, 0.15) is 39.7 Å². The summed E-state index contributed by atoms with van der Waals surface area (Å²) in [6.45, 7) is 10.3. The second kappa shape index (κ2) is 9.90. The van der Waals surface area contributed by atoms with Gasteiger partial charge in [0, 0.05) is 6.04 Å². The van der Waals surface area contributed by atoms with E-state index in [4.69, 9.17) is 4.74 Å². The number of rotatable bonds is 9. The minimum Gasteiger partial charge on any atom is -0.374 e. The smallest absolute Gasteiger partial charge is 0.191 e. The second-order valence-corrected chi connectivity index (χ2v) is 9.02. The Morgan fingerprint density at radius 3 is 2.36 bits per heavy atom. The van der Waals surface area contributed by atoms with Crippen LogP contribution in [-0.2, 0) is 14.6 Å². The first-order valence-electron chi connectivity index (χ1n) is 8.64. The topological polar surface area (TPSA) is 55.4 Å². The van der Waals surface area contributed by atoms with Crippen molar-refractivity contribution in [2.45, 2.75) is 57.6 Å². The minimum absolute atomic E-state index is 0.129. The molecule has 140 valence electrons. The highest BCUT2D eigenvalue weighted by Crippen LogP contribution is 2.12. The average Bonchev–Trinajstić information content (AvgIpc) is 2.53. The van der Waals surface area contributed by atoms with Crippen molar-refractivity contribution in [3.63, 3.8) is 0 Å². The molecule has 5 heteroatoms. The van der Waals surface area contributed by atoms with Gasteiger partial charge in [0.05, 0.1) is 17.1 Å². The first-order chi connectivity index (χ1) is 11.6. The maximum absolute atomic E-state index is 12.5. The molecule has 1 aromatic carbocycles. The molecule has 0 unspecified atom stereocenters. The van der Waals surface area contributed by atoms with Crippen molar-refractivity contribution in [3.05, 3.63) is 54.1 Å². The third-order valence-electron chi connectivity index (χ3n) is 3.44. The SMILES string of the molecule is CC/C=C\C=C\[C@H](COC(C)(C)C)NCS(=O)(=O)c1ccc(C)cc1. The number of nitrogens with one attached hydrogen (secondary N) is 1. The lowest BCUT2D eigenvalue weighted by Crippen LogP contribution is -2.38. The molecule has 0 fully saturated rings. The van der Waals surface area contributed by atoms with E-state index >= 15 is 0 Å². The van der Waals surface area contributed by atoms with Crippen molar-refractivity contribution < 1.29 is 13.2 Å². The Kier molecular flexibility index (Phi) is 8.56. The number of benzene rings is 1. The van der Waals surface area contributed by atoms with Gasteiger partial charge in [-0.1, -0.05) is 48.9 Å². The Bertz CT molecular complexity index is 668. The van der Waals surface area contributed by atoms with Crippen molar-refractivity contribution in [1.82, 2.24) is 5.32 Å². The van der Waals surface area contributed by atoms with E-state index in [1.807, 2.05) is 64.1 Å². The highest BCUT2D eigenvalue weighted by atomic mass is 32.2. The summed E-state index contributed by atoms with van der Waals surface area (Å²) in [6, 6.07) is 6.73. The Morgan fingerprint density at radius 2 is 1.80 bits per heavy atom. The lowest BCUT2D eigenvalue weighted by Gasteiger charge is -2.23. The lowest BCUT2D eigenvalue weighted by atomic mass is 10.2. The van der Waals surface area contributed by atoms with Crippen LogP contribution >= 0.6 is 0 Å². The molecule has 0 amide bonds. The highest BCUT2D eigenvalue weighted by molar-refractivity contribution is 7.91. The molecule has 0 spiro atoms. The molecule has 4 nitrogen and oxygen atoms in total. The van der Waals surface area contributed by atoms with E-state index in [1.165, 1.54) is 0 Å². The predicted octanol–water partition coefficient (Wildman–Crippen LogP) is 4.02. The molecule has 1 N–H and O–H groups in total. The van der Waals surface area contributed by atoms with Crippen LogP contribution in [0, 0.1) is 6.92 Å². The fourth-order valence-corrected chi connectivity index (χ4v) is 3.13. The molecule has 0 radical (unpaired) electrons. The molecule has 0 bridgehead atoms. The summed E-state index contributed by atoms with van der Waals surface area (Å²) in [5.41, 5.74) is 0.761.